The maximum absolute atomic E-state index is 12.3. The first-order valence-corrected chi connectivity index (χ1v) is 7.36. The summed E-state index contributed by atoms with van der Waals surface area (Å²) >= 11 is 0. The highest BCUT2D eigenvalue weighted by Gasteiger charge is 2.30. The van der Waals surface area contributed by atoms with Crippen LogP contribution in [0.25, 0.3) is 0 Å². The van der Waals surface area contributed by atoms with Crippen LogP contribution >= 0.6 is 0 Å². The van der Waals surface area contributed by atoms with E-state index in [0.29, 0.717) is 24.9 Å². The fourth-order valence-corrected chi connectivity index (χ4v) is 2.72. The molecule has 1 saturated heterocycles. The number of nitrogens with zero attached hydrogens (tertiary/aromatic N) is 1. The Morgan fingerprint density at radius 3 is 2.60 bits per heavy atom. The van der Waals surface area contributed by atoms with E-state index in [4.69, 9.17) is 0 Å². The molecule has 0 aromatic heterocycles. The average Bonchev–Trinajstić information content (AvgIpc) is 3.15. The number of hydrogen-bond acceptors (Lipinski definition) is 2. The summed E-state index contributed by atoms with van der Waals surface area (Å²) in [6, 6.07) is 9.77. The largest absolute Gasteiger partial charge is 0.353 e. The molecule has 2 fully saturated rings. The first kappa shape index (κ1) is 13.2. The zero-order chi connectivity index (χ0) is 13.9. The Balaban J connectivity index is 1.51. The van der Waals surface area contributed by atoms with Crippen molar-refractivity contribution in [1.29, 1.82) is 0 Å². The molecule has 1 unspecified atom stereocenters. The number of amides is 2. The number of carbonyl (C=O) groups is 2. The molecular weight excluding hydrogens is 252 g/mol. The van der Waals surface area contributed by atoms with E-state index in [1.54, 1.807) is 0 Å². The summed E-state index contributed by atoms with van der Waals surface area (Å²) in [5, 5.41) is 3.01. The Morgan fingerprint density at radius 1 is 1.15 bits per heavy atom. The number of carbonyl (C=O) groups excluding carboxylic acids is 2. The summed E-state index contributed by atoms with van der Waals surface area (Å²) in [5.74, 6) is 0.531. The predicted octanol–water partition coefficient (Wildman–Crippen LogP) is 1.82. The van der Waals surface area contributed by atoms with Gasteiger partial charge in [0.15, 0.2) is 0 Å². The highest BCUT2D eigenvalue weighted by Crippen LogP contribution is 2.23. The molecule has 0 radical (unpaired) electrons. The van der Waals surface area contributed by atoms with Crippen molar-refractivity contribution in [2.45, 2.75) is 31.7 Å². The summed E-state index contributed by atoms with van der Waals surface area (Å²) in [7, 11) is 0. The SMILES string of the molecule is O=C(CC1CCN(C(=O)c2ccccc2)C1)NC1CC1. The fourth-order valence-electron chi connectivity index (χ4n) is 2.72. The third kappa shape index (κ3) is 3.18. The second-order valence-corrected chi connectivity index (χ2v) is 5.82. The van der Waals surface area contributed by atoms with E-state index in [-0.39, 0.29) is 11.8 Å². The van der Waals surface area contributed by atoms with Crippen LogP contribution in [-0.4, -0.2) is 35.8 Å². The lowest BCUT2D eigenvalue weighted by atomic mass is 10.0. The highest BCUT2D eigenvalue weighted by molar-refractivity contribution is 5.94. The van der Waals surface area contributed by atoms with Crippen molar-refractivity contribution in [2.24, 2.45) is 5.92 Å². The standard InChI is InChI=1S/C16H20N2O2/c19-15(17-14-6-7-14)10-12-8-9-18(11-12)16(20)13-4-2-1-3-5-13/h1-5,12,14H,6-11H2,(H,17,19). The maximum Gasteiger partial charge on any atom is 0.253 e. The van der Waals surface area contributed by atoms with E-state index < -0.39 is 0 Å². The third-order valence-corrected chi connectivity index (χ3v) is 4.01. The van der Waals surface area contributed by atoms with Crippen molar-refractivity contribution in [3.05, 3.63) is 35.9 Å². The van der Waals surface area contributed by atoms with Crippen LogP contribution in [0, 0.1) is 5.92 Å². The van der Waals surface area contributed by atoms with Gasteiger partial charge < -0.3 is 10.2 Å². The molecule has 1 aromatic rings. The van der Waals surface area contributed by atoms with Gasteiger partial charge >= 0.3 is 0 Å². The first-order chi connectivity index (χ1) is 9.72. The van der Waals surface area contributed by atoms with Gasteiger partial charge in [0.25, 0.3) is 5.91 Å². The van der Waals surface area contributed by atoms with Crippen LogP contribution in [0.2, 0.25) is 0 Å². The van der Waals surface area contributed by atoms with Gasteiger partial charge in [0.1, 0.15) is 0 Å². The molecule has 1 atom stereocenters. The molecular formula is C16H20N2O2. The topological polar surface area (TPSA) is 49.4 Å². The van der Waals surface area contributed by atoms with Gasteiger partial charge in [-0.05, 0) is 37.3 Å². The van der Waals surface area contributed by atoms with Crippen LogP contribution in [0.4, 0.5) is 0 Å². The van der Waals surface area contributed by atoms with E-state index >= 15 is 0 Å². The highest BCUT2D eigenvalue weighted by atomic mass is 16.2. The van der Waals surface area contributed by atoms with Crippen LogP contribution < -0.4 is 5.32 Å². The molecule has 1 heterocycles. The van der Waals surface area contributed by atoms with Gasteiger partial charge in [0.05, 0.1) is 0 Å². The van der Waals surface area contributed by atoms with Crippen LogP contribution in [0.15, 0.2) is 30.3 Å². The van der Waals surface area contributed by atoms with Crippen LogP contribution in [0.1, 0.15) is 36.0 Å². The number of likely N-dealkylation sites (tertiary alicyclic amines) is 1. The number of benzene rings is 1. The van der Waals surface area contributed by atoms with Gasteiger partial charge in [-0.25, -0.2) is 0 Å². The minimum atomic E-state index is 0.0794. The Labute approximate surface area is 119 Å². The van der Waals surface area contributed by atoms with Crippen molar-refractivity contribution < 1.29 is 9.59 Å². The Hall–Kier alpha value is -1.84. The maximum atomic E-state index is 12.3. The molecule has 1 aliphatic carbocycles. The number of nitrogens with one attached hydrogen (secondary N) is 1. The fraction of sp³-hybridized carbons (Fsp3) is 0.500. The van der Waals surface area contributed by atoms with E-state index in [0.717, 1.165) is 31.4 Å². The number of hydrogen-bond donors (Lipinski definition) is 1. The molecule has 20 heavy (non-hydrogen) atoms. The number of rotatable bonds is 4. The van der Waals surface area contributed by atoms with Gasteiger partial charge in [-0.2, -0.15) is 0 Å². The Morgan fingerprint density at radius 2 is 1.90 bits per heavy atom. The lowest BCUT2D eigenvalue weighted by molar-refractivity contribution is -0.122. The zero-order valence-electron chi connectivity index (χ0n) is 11.5. The molecule has 1 N–H and O–H groups in total. The molecule has 1 aromatic carbocycles. The average molecular weight is 272 g/mol. The molecule has 0 bridgehead atoms. The van der Waals surface area contributed by atoms with E-state index in [9.17, 15) is 9.59 Å². The van der Waals surface area contributed by atoms with Crippen LogP contribution in [-0.2, 0) is 4.79 Å². The molecule has 3 rings (SSSR count). The van der Waals surface area contributed by atoms with Gasteiger partial charge in [-0.1, -0.05) is 18.2 Å². The molecule has 4 heteroatoms. The first-order valence-electron chi connectivity index (χ1n) is 7.36. The molecule has 2 amide bonds. The molecule has 1 aliphatic heterocycles. The summed E-state index contributed by atoms with van der Waals surface area (Å²) in [6.07, 6.45) is 3.72. The molecule has 0 spiro atoms. The second-order valence-electron chi connectivity index (χ2n) is 5.82. The third-order valence-electron chi connectivity index (χ3n) is 4.01. The predicted molar refractivity (Wildman–Crippen MR) is 76.2 cm³/mol. The van der Waals surface area contributed by atoms with E-state index in [1.165, 1.54) is 0 Å². The monoisotopic (exact) mass is 272 g/mol. The molecule has 1 saturated carbocycles. The van der Waals surface area contributed by atoms with Crippen molar-refractivity contribution in [3.63, 3.8) is 0 Å². The van der Waals surface area contributed by atoms with Gasteiger partial charge in [0, 0.05) is 31.1 Å². The van der Waals surface area contributed by atoms with Gasteiger partial charge in [-0.3, -0.25) is 9.59 Å². The van der Waals surface area contributed by atoms with Gasteiger partial charge in [0.2, 0.25) is 5.91 Å². The lowest BCUT2D eigenvalue weighted by Crippen LogP contribution is -2.31. The van der Waals surface area contributed by atoms with E-state index in [1.807, 2.05) is 35.2 Å². The molecule has 4 nitrogen and oxygen atoms in total. The van der Waals surface area contributed by atoms with Crippen LogP contribution in [0.5, 0.6) is 0 Å². The van der Waals surface area contributed by atoms with Crippen molar-refractivity contribution in [1.82, 2.24) is 10.2 Å². The molecule has 2 aliphatic rings. The summed E-state index contributed by atoms with van der Waals surface area (Å²) in [5.41, 5.74) is 0.732. The molecule has 106 valence electrons. The normalized spacial score (nSPS) is 21.8. The lowest BCUT2D eigenvalue weighted by Gasteiger charge is -2.16. The second kappa shape index (κ2) is 5.65. The smallest absolute Gasteiger partial charge is 0.253 e. The zero-order valence-corrected chi connectivity index (χ0v) is 11.5. The summed E-state index contributed by atoms with van der Waals surface area (Å²) < 4.78 is 0. The van der Waals surface area contributed by atoms with Crippen molar-refractivity contribution in [2.75, 3.05) is 13.1 Å². The summed E-state index contributed by atoms with van der Waals surface area (Å²) in [4.78, 5) is 25.9. The minimum Gasteiger partial charge on any atom is -0.353 e. The van der Waals surface area contributed by atoms with Crippen molar-refractivity contribution in [3.8, 4) is 0 Å². The Kier molecular flexibility index (Phi) is 3.72. The van der Waals surface area contributed by atoms with Crippen molar-refractivity contribution >= 4 is 11.8 Å². The van der Waals surface area contributed by atoms with E-state index in [2.05, 4.69) is 5.32 Å². The minimum absolute atomic E-state index is 0.0794. The summed E-state index contributed by atoms with van der Waals surface area (Å²) in [6.45, 7) is 1.46. The van der Waals surface area contributed by atoms with Gasteiger partial charge in [-0.15, -0.1) is 0 Å². The van der Waals surface area contributed by atoms with Crippen LogP contribution in [0.3, 0.4) is 0 Å². The quantitative estimate of drug-likeness (QED) is 0.909. The Bertz CT molecular complexity index is 496.